The first-order valence-electron chi connectivity index (χ1n) is 11.1. The second-order valence-corrected chi connectivity index (χ2v) is 10.1. The quantitative estimate of drug-likeness (QED) is 0.140. The molecule has 190 valence electrons. The molecule has 2 aromatic carbocycles. The Morgan fingerprint density at radius 3 is 2.36 bits per heavy atom. The fraction of sp³-hybridized carbons (Fsp3) is 0.280. The number of carbonyl (C=O) groups excluding carboxylic acids is 2. The number of carbonyl (C=O) groups is 2. The predicted octanol–water partition coefficient (Wildman–Crippen LogP) is 3.33. The molecule has 0 spiro atoms. The van der Waals surface area contributed by atoms with E-state index in [2.05, 4.69) is 13.2 Å². The molecule has 11 heteroatoms. The van der Waals surface area contributed by atoms with E-state index in [-0.39, 0.29) is 36.6 Å². The number of β-lactam (4-membered cyclic amide) rings is 1. The van der Waals surface area contributed by atoms with E-state index in [0.29, 0.717) is 5.56 Å². The van der Waals surface area contributed by atoms with Crippen LogP contribution >= 0.6 is 0 Å². The zero-order chi connectivity index (χ0) is 26.5. The van der Waals surface area contributed by atoms with Crippen LogP contribution in [0.4, 0.5) is 5.69 Å². The topological polar surface area (TPSA) is 127 Å². The van der Waals surface area contributed by atoms with Gasteiger partial charge < -0.3 is 9.64 Å². The number of sulfonamides is 1. The first kappa shape index (κ1) is 26.8. The summed E-state index contributed by atoms with van der Waals surface area (Å²) in [4.78, 5) is 37.2. The number of benzene rings is 2. The maximum absolute atomic E-state index is 13.4. The van der Waals surface area contributed by atoms with Gasteiger partial charge in [-0.25, -0.2) is 13.2 Å². The minimum absolute atomic E-state index is 0.0494. The van der Waals surface area contributed by atoms with Gasteiger partial charge in [-0.3, -0.25) is 14.9 Å². The molecule has 0 aliphatic carbocycles. The van der Waals surface area contributed by atoms with Crippen LogP contribution in [-0.2, 0) is 31.0 Å². The molecule has 36 heavy (non-hydrogen) atoms. The van der Waals surface area contributed by atoms with Gasteiger partial charge in [0.15, 0.2) is 0 Å². The summed E-state index contributed by atoms with van der Waals surface area (Å²) >= 11 is 0. The van der Waals surface area contributed by atoms with Gasteiger partial charge in [0.05, 0.1) is 16.2 Å². The molecule has 3 rings (SSSR count). The third kappa shape index (κ3) is 5.69. The molecular weight excluding hydrogens is 486 g/mol. The molecule has 0 saturated carbocycles. The molecule has 1 aliphatic rings. The summed E-state index contributed by atoms with van der Waals surface area (Å²) in [5, 5.41) is 10.8. The summed E-state index contributed by atoms with van der Waals surface area (Å²) in [5.74, 6) is -1.13. The second kappa shape index (κ2) is 11.3. The Kier molecular flexibility index (Phi) is 8.38. The van der Waals surface area contributed by atoms with Gasteiger partial charge in [-0.15, -0.1) is 13.2 Å². The monoisotopic (exact) mass is 513 g/mol. The van der Waals surface area contributed by atoms with Crippen LogP contribution in [0.2, 0.25) is 0 Å². The van der Waals surface area contributed by atoms with Crippen LogP contribution in [0.15, 0.2) is 78.7 Å². The highest BCUT2D eigenvalue weighted by Gasteiger charge is 2.49. The molecule has 0 bridgehead atoms. The Morgan fingerprint density at radius 2 is 1.83 bits per heavy atom. The molecular formula is C25H27N3O7S. The molecule has 2 aromatic rings. The maximum Gasteiger partial charge on any atom is 0.329 e. The number of esters is 1. The fourth-order valence-corrected chi connectivity index (χ4v) is 5.38. The van der Waals surface area contributed by atoms with Gasteiger partial charge in [-0.1, -0.05) is 29.8 Å². The number of hydrogen-bond donors (Lipinski definition) is 0. The van der Waals surface area contributed by atoms with Crippen molar-refractivity contribution in [3.05, 3.63) is 95.1 Å². The van der Waals surface area contributed by atoms with Crippen molar-refractivity contribution in [2.45, 2.75) is 43.5 Å². The highest BCUT2D eigenvalue weighted by Crippen LogP contribution is 2.32. The Balaban J connectivity index is 1.81. The van der Waals surface area contributed by atoms with E-state index in [0.717, 1.165) is 9.87 Å². The van der Waals surface area contributed by atoms with Gasteiger partial charge in [0.1, 0.15) is 18.8 Å². The first-order chi connectivity index (χ1) is 17.1. The van der Waals surface area contributed by atoms with Crippen LogP contribution in [0.25, 0.3) is 0 Å². The molecule has 1 saturated heterocycles. The molecule has 0 N–H and O–H groups in total. The molecule has 1 aliphatic heterocycles. The summed E-state index contributed by atoms with van der Waals surface area (Å²) in [7, 11) is -4.00. The summed E-state index contributed by atoms with van der Waals surface area (Å²) in [6.07, 6.45) is 1.92. The number of likely N-dealkylation sites (tertiary alicyclic amines) is 1. The lowest BCUT2D eigenvalue weighted by Crippen LogP contribution is -2.66. The number of aryl methyl sites for hydroxylation is 1. The molecule has 2 atom stereocenters. The number of nitro groups is 1. The molecule has 1 fully saturated rings. The summed E-state index contributed by atoms with van der Waals surface area (Å²) in [6, 6.07) is 10.8. The van der Waals surface area contributed by atoms with Crippen molar-refractivity contribution in [2.75, 3.05) is 6.54 Å². The summed E-state index contributed by atoms with van der Waals surface area (Å²) < 4.78 is 33.4. The van der Waals surface area contributed by atoms with Crippen molar-refractivity contribution in [1.29, 1.82) is 0 Å². The fourth-order valence-electron chi connectivity index (χ4n) is 3.83. The molecule has 1 unspecified atom stereocenters. The van der Waals surface area contributed by atoms with Crippen LogP contribution in [0.1, 0.15) is 24.0 Å². The normalized spacial score (nSPS) is 16.2. The van der Waals surface area contributed by atoms with Crippen LogP contribution in [0.3, 0.4) is 0 Å². The SMILES string of the molecule is C=CCC(C(=O)OCc1ccc([N+](=O)[O-])cc1)N1C(=O)C[C@H]1N(CC=C)S(=O)(=O)c1ccc(C)cc1. The van der Waals surface area contributed by atoms with E-state index in [1.165, 1.54) is 53.5 Å². The minimum Gasteiger partial charge on any atom is -0.459 e. The van der Waals surface area contributed by atoms with Crippen molar-refractivity contribution < 1.29 is 27.7 Å². The Morgan fingerprint density at radius 1 is 1.19 bits per heavy atom. The van der Waals surface area contributed by atoms with Gasteiger partial charge in [0.25, 0.3) is 5.69 Å². The van der Waals surface area contributed by atoms with Crippen LogP contribution in [0, 0.1) is 17.0 Å². The summed E-state index contributed by atoms with van der Waals surface area (Å²) in [5.41, 5.74) is 1.32. The van der Waals surface area contributed by atoms with Crippen molar-refractivity contribution in [2.24, 2.45) is 0 Å². The van der Waals surface area contributed by atoms with Crippen LogP contribution in [-0.4, -0.2) is 53.2 Å². The van der Waals surface area contributed by atoms with Crippen LogP contribution in [0.5, 0.6) is 0 Å². The van der Waals surface area contributed by atoms with Crippen LogP contribution < -0.4 is 0 Å². The Bertz CT molecular complexity index is 1260. The van der Waals surface area contributed by atoms with Crippen molar-refractivity contribution in [3.8, 4) is 0 Å². The Hall–Kier alpha value is -3.83. The van der Waals surface area contributed by atoms with Crippen molar-refractivity contribution in [1.82, 2.24) is 9.21 Å². The zero-order valence-corrected chi connectivity index (χ0v) is 20.6. The minimum atomic E-state index is -4.00. The smallest absolute Gasteiger partial charge is 0.329 e. The number of ether oxygens (including phenoxy) is 1. The number of nitro benzene ring substituents is 1. The second-order valence-electron chi connectivity index (χ2n) is 8.23. The number of hydrogen-bond acceptors (Lipinski definition) is 7. The predicted molar refractivity (Wildman–Crippen MR) is 132 cm³/mol. The van der Waals surface area contributed by atoms with E-state index >= 15 is 0 Å². The highest BCUT2D eigenvalue weighted by molar-refractivity contribution is 7.89. The largest absolute Gasteiger partial charge is 0.459 e. The molecule has 0 radical (unpaired) electrons. The number of nitrogens with zero attached hydrogens (tertiary/aromatic N) is 3. The van der Waals surface area contributed by atoms with Gasteiger partial charge in [0.2, 0.25) is 15.9 Å². The van der Waals surface area contributed by atoms with Gasteiger partial charge in [-0.2, -0.15) is 4.31 Å². The Labute approximate surface area is 209 Å². The van der Waals surface area contributed by atoms with Gasteiger partial charge in [-0.05, 0) is 43.2 Å². The lowest BCUT2D eigenvalue weighted by atomic mass is 10.0. The molecule has 0 aromatic heterocycles. The third-order valence-corrected chi connectivity index (χ3v) is 7.64. The number of non-ortho nitro benzene ring substituents is 1. The number of amides is 1. The zero-order valence-electron chi connectivity index (χ0n) is 19.8. The summed E-state index contributed by atoms with van der Waals surface area (Å²) in [6.45, 7) is 8.89. The standard InChI is InChI=1S/C25H27N3O7S/c1-4-6-22(25(30)35-17-19-9-11-20(12-10-19)28(31)32)27-23(16-24(27)29)26(15-5-2)36(33,34)21-13-7-18(3)8-14-21/h4-5,7-14,22-23H,1-2,6,15-17H2,3H3/t22?,23-/m0/s1. The maximum atomic E-state index is 13.4. The van der Waals surface area contributed by atoms with E-state index in [1.54, 1.807) is 12.1 Å². The lowest BCUT2D eigenvalue weighted by Gasteiger charge is -2.48. The van der Waals surface area contributed by atoms with Crippen molar-refractivity contribution >= 4 is 27.6 Å². The van der Waals surface area contributed by atoms with E-state index < -0.39 is 39.0 Å². The molecule has 1 heterocycles. The average Bonchev–Trinajstić information content (AvgIpc) is 2.84. The first-order valence-corrected chi connectivity index (χ1v) is 12.6. The van der Waals surface area contributed by atoms with E-state index in [9.17, 15) is 28.1 Å². The van der Waals surface area contributed by atoms with E-state index in [1.807, 2.05) is 6.92 Å². The van der Waals surface area contributed by atoms with E-state index in [4.69, 9.17) is 4.74 Å². The van der Waals surface area contributed by atoms with Gasteiger partial charge in [0, 0.05) is 18.7 Å². The molecule has 10 nitrogen and oxygen atoms in total. The highest BCUT2D eigenvalue weighted by atomic mass is 32.2. The number of rotatable bonds is 12. The average molecular weight is 514 g/mol. The third-order valence-electron chi connectivity index (χ3n) is 5.76. The lowest BCUT2D eigenvalue weighted by molar-refractivity contribution is -0.384. The van der Waals surface area contributed by atoms with Gasteiger partial charge >= 0.3 is 5.97 Å². The van der Waals surface area contributed by atoms with Crippen molar-refractivity contribution in [3.63, 3.8) is 0 Å². The molecule has 1 amide bonds.